The van der Waals surface area contributed by atoms with E-state index in [-0.39, 0.29) is 0 Å². The lowest BCUT2D eigenvalue weighted by Gasteiger charge is -2.12. The lowest BCUT2D eigenvalue weighted by atomic mass is 10.1. The maximum atomic E-state index is 4.34. The Labute approximate surface area is 81.6 Å². The van der Waals surface area contributed by atoms with Crippen LogP contribution in [0.25, 0.3) is 0 Å². The van der Waals surface area contributed by atoms with E-state index in [1.54, 1.807) is 6.20 Å². The number of aryl methyl sites for hydroxylation is 1. The van der Waals surface area contributed by atoms with Gasteiger partial charge in [0, 0.05) is 6.20 Å². The summed E-state index contributed by atoms with van der Waals surface area (Å²) < 4.78 is 0. The fourth-order valence-corrected chi connectivity index (χ4v) is 1.22. The van der Waals surface area contributed by atoms with Gasteiger partial charge in [-0.05, 0) is 18.9 Å². The van der Waals surface area contributed by atoms with E-state index in [1.165, 1.54) is 0 Å². The molecule has 0 amide bonds. The molecule has 1 rings (SSSR count). The maximum absolute atomic E-state index is 4.34. The van der Waals surface area contributed by atoms with Crippen LogP contribution in [0.2, 0.25) is 0 Å². The number of halogens is 1. The van der Waals surface area contributed by atoms with Gasteiger partial charge in [-0.25, -0.2) is 9.97 Å². The molecule has 66 valence electrons. The third kappa shape index (κ3) is 2.27. The molecule has 3 heteroatoms. The molecule has 0 radical (unpaired) electrons. The van der Waals surface area contributed by atoms with Crippen molar-refractivity contribution in [2.45, 2.75) is 25.6 Å². The van der Waals surface area contributed by atoms with E-state index in [0.717, 1.165) is 11.5 Å². The van der Waals surface area contributed by atoms with Crippen LogP contribution >= 0.6 is 15.9 Å². The summed E-state index contributed by atoms with van der Waals surface area (Å²) in [5, 5.41) is 0. The molecule has 1 atom stereocenters. The highest BCUT2D eigenvalue weighted by molar-refractivity contribution is 9.09. The zero-order valence-corrected chi connectivity index (χ0v) is 9.17. The molecule has 1 unspecified atom stereocenters. The van der Waals surface area contributed by atoms with Crippen molar-refractivity contribution in [2.75, 3.05) is 0 Å². The Balaban J connectivity index is 2.88. The van der Waals surface area contributed by atoms with Crippen molar-refractivity contribution < 1.29 is 0 Å². The molecule has 0 bridgehead atoms. The molecule has 12 heavy (non-hydrogen) atoms. The highest BCUT2D eigenvalue weighted by Gasteiger charge is 2.12. The number of hydrogen-bond acceptors (Lipinski definition) is 2. The van der Waals surface area contributed by atoms with Crippen LogP contribution in [0.1, 0.15) is 30.2 Å². The summed E-state index contributed by atoms with van der Waals surface area (Å²) in [7, 11) is 0. The molecule has 1 aromatic heterocycles. The second-order valence-corrected chi connectivity index (χ2v) is 4.16. The van der Waals surface area contributed by atoms with Gasteiger partial charge in [0.2, 0.25) is 0 Å². The van der Waals surface area contributed by atoms with Crippen molar-refractivity contribution in [3.63, 3.8) is 0 Å². The van der Waals surface area contributed by atoms with Crippen molar-refractivity contribution in [3.05, 3.63) is 23.8 Å². The first-order valence-corrected chi connectivity index (χ1v) is 4.96. The minimum absolute atomic E-state index is 0.333. The third-order valence-corrected chi connectivity index (χ3v) is 3.19. The van der Waals surface area contributed by atoms with E-state index in [2.05, 4.69) is 39.7 Å². The van der Waals surface area contributed by atoms with Crippen molar-refractivity contribution in [2.24, 2.45) is 5.92 Å². The lowest BCUT2D eigenvalue weighted by molar-refractivity contribution is 0.626. The van der Waals surface area contributed by atoms with Crippen LogP contribution in [0.15, 0.2) is 12.3 Å². The molecule has 0 saturated heterocycles. The smallest absolute Gasteiger partial charge is 0.125 e. The van der Waals surface area contributed by atoms with Gasteiger partial charge in [0.05, 0.1) is 10.5 Å². The molecule has 0 fully saturated rings. The van der Waals surface area contributed by atoms with Gasteiger partial charge < -0.3 is 0 Å². The third-order valence-electron chi connectivity index (χ3n) is 1.67. The standard InChI is InChI=1S/C9H13BrN2/c1-6(2)9(10)8-4-5-11-7(3)12-8/h4-6,9H,1-3H3. The lowest BCUT2D eigenvalue weighted by Crippen LogP contribution is -2.02. The first-order valence-electron chi connectivity index (χ1n) is 4.05. The SMILES string of the molecule is Cc1nccc(C(Br)C(C)C)n1. The summed E-state index contributed by atoms with van der Waals surface area (Å²) in [6.45, 7) is 6.23. The molecule has 0 N–H and O–H groups in total. The quantitative estimate of drug-likeness (QED) is 0.728. The molecule has 0 aromatic carbocycles. The summed E-state index contributed by atoms with van der Waals surface area (Å²) in [5.41, 5.74) is 1.07. The number of nitrogens with zero attached hydrogens (tertiary/aromatic N) is 2. The minimum atomic E-state index is 0.333. The summed E-state index contributed by atoms with van der Waals surface area (Å²) in [6.07, 6.45) is 1.80. The van der Waals surface area contributed by atoms with Crippen LogP contribution in [-0.4, -0.2) is 9.97 Å². The van der Waals surface area contributed by atoms with Gasteiger partial charge in [0.1, 0.15) is 5.82 Å². The van der Waals surface area contributed by atoms with Gasteiger partial charge in [-0.1, -0.05) is 29.8 Å². The second kappa shape index (κ2) is 3.99. The minimum Gasteiger partial charge on any atom is -0.242 e. The molecule has 1 heterocycles. The van der Waals surface area contributed by atoms with Crippen molar-refractivity contribution in [1.29, 1.82) is 0 Å². The topological polar surface area (TPSA) is 25.8 Å². The monoisotopic (exact) mass is 228 g/mol. The maximum Gasteiger partial charge on any atom is 0.125 e. The summed E-state index contributed by atoms with van der Waals surface area (Å²) in [4.78, 5) is 8.72. The molecule has 0 aliphatic rings. The molecule has 0 saturated carbocycles. The van der Waals surface area contributed by atoms with E-state index in [1.807, 2.05) is 13.0 Å². The average Bonchev–Trinajstić information content (AvgIpc) is 2.03. The highest BCUT2D eigenvalue weighted by atomic mass is 79.9. The normalized spacial score (nSPS) is 13.4. The number of aromatic nitrogens is 2. The number of rotatable bonds is 2. The van der Waals surface area contributed by atoms with Crippen LogP contribution in [-0.2, 0) is 0 Å². The average molecular weight is 229 g/mol. The van der Waals surface area contributed by atoms with Crippen molar-refractivity contribution in [1.82, 2.24) is 9.97 Å². The zero-order valence-electron chi connectivity index (χ0n) is 7.58. The van der Waals surface area contributed by atoms with Crippen molar-refractivity contribution >= 4 is 15.9 Å². The van der Waals surface area contributed by atoms with Gasteiger partial charge in [-0.2, -0.15) is 0 Å². The van der Waals surface area contributed by atoms with Gasteiger partial charge in [0.25, 0.3) is 0 Å². The molecule has 0 spiro atoms. The number of hydrogen-bond donors (Lipinski definition) is 0. The Kier molecular flexibility index (Phi) is 3.20. The summed E-state index contributed by atoms with van der Waals surface area (Å²) >= 11 is 3.59. The predicted molar refractivity (Wildman–Crippen MR) is 53.3 cm³/mol. The molecule has 2 nitrogen and oxygen atoms in total. The van der Waals surface area contributed by atoms with Crippen molar-refractivity contribution in [3.8, 4) is 0 Å². The first kappa shape index (κ1) is 9.65. The van der Waals surface area contributed by atoms with E-state index < -0.39 is 0 Å². The second-order valence-electron chi connectivity index (χ2n) is 3.17. The van der Waals surface area contributed by atoms with Crippen LogP contribution in [0.5, 0.6) is 0 Å². The Hall–Kier alpha value is -0.440. The van der Waals surface area contributed by atoms with Crippen LogP contribution in [0, 0.1) is 12.8 Å². The predicted octanol–water partition coefficient (Wildman–Crippen LogP) is 2.88. The fraction of sp³-hybridized carbons (Fsp3) is 0.556. The highest BCUT2D eigenvalue weighted by Crippen LogP contribution is 2.28. The van der Waals surface area contributed by atoms with Crippen LogP contribution < -0.4 is 0 Å². The Bertz CT molecular complexity index is 260. The van der Waals surface area contributed by atoms with E-state index in [9.17, 15) is 0 Å². The largest absolute Gasteiger partial charge is 0.242 e. The molecule has 0 aliphatic heterocycles. The molecule has 0 aliphatic carbocycles. The first-order chi connectivity index (χ1) is 5.61. The Morgan fingerprint density at radius 1 is 1.42 bits per heavy atom. The number of alkyl halides is 1. The van der Waals surface area contributed by atoms with Crippen LogP contribution in [0.3, 0.4) is 0 Å². The van der Waals surface area contributed by atoms with Gasteiger partial charge >= 0.3 is 0 Å². The molecule has 1 aromatic rings. The summed E-state index contributed by atoms with van der Waals surface area (Å²) in [5.74, 6) is 1.39. The summed E-state index contributed by atoms with van der Waals surface area (Å²) in [6, 6.07) is 1.95. The molecular formula is C9H13BrN2. The van der Waals surface area contributed by atoms with Crippen LogP contribution in [0.4, 0.5) is 0 Å². The fourth-order valence-electron chi connectivity index (χ4n) is 0.970. The van der Waals surface area contributed by atoms with Gasteiger partial charge in [-0.15, -0.1) is 0 Å². The van der Waals surface area contributed by atoms with Gasteiger partial charge in [-0.3, -0.25) is 0 Å². The Morgan fingerprint density at radius 3 is 2.58 bits per heavy atom. The molecular weight excluding hydrogens is 216 g/mol. The van der Waals surface area contributed by atoms with Gasteiger partial charge in [0.15, 0.2) is 0 Å². The Morgan fingerprint density at radius 2 is 2.08 bits per heavy atom. The van der Waals surface area contributed by atoms with E-state index >= 15 is 0 Å². The van der Waals surface area contributed by atoms with E-state index in [4.69, 9.17) is 0 Å². The zero-order chi connectivity index (χ0) is 9.14. The van der Waals surface area contributed by atoms with E-state index in [0.29, 0.717) is 10.7 Å².